The van der Waals surface area contributed by atoms with Crippen molar-refractivity contribution in [3.8, 4) is 0 Å². The van der Waals surface area contributed by atoms with Crippen molar-refractivity contribution in [1.82, 2.24) is 5.32 Å². The lowest BCUT2D eigenvalue weighted by Crippen LogP contribution is -2.54. The molecule has 0 aromatic rings. The molecule has 4 aliphatic carbocycles. The zero-order valence-electron chi connectivity index (χ0n) is 19.7. The minimum absolute atomic E-state index is 0.0760. The van der Waals surface area contributed by atoms with Crippen LogP contribution in [0.5, 0.6) is 0 Å². The summed E-state index contributed by atoms with van der Waals surface area (Å²) in [5.74, 6) is 3.23. The van der Waals surface area contributed by atoms with Crippen LogP contribution in [0.3, 0.4) is 0 Å². The first-order chi connectivity index (χ1) is 14.6. The molecular formula is C26H43NO4. The summed E-state index contributed by atoms with van der Waals surface area (Å²) in [6, 6.07) is 0. The molecule has 4 rings (SSSR count). The van der Waals surface area contributed by atoms with Crippen LogP contribution in [0.25, 0.3) is 0 Å². The molecule has 0 spiro atoms. The summed E-state index contributed by atoms with van der Waals surface area (Å²) in [5.41, 5.74) is 0.810. The van der Waals surface area contributed by atoms with Crippen LogP contribution in [0.4, 0.5) is 0 Å². The maximum absolute atomic E-state index is 12.0. The predicted molar refractivity (Wildman–Crippen MR) is 120 cm³/mol. The van der Waals surface area contributed by atoms with Crippen LogP contribution in [0, 0.1) is 46.3 Å². The first-order valence-corrected chi connectivity index (χ1v) is 12.8. The summed E-state index contributed by atoms with van der Waals surface area (Å²) in [5, 5.41) is 21.5. The molecule has 0 aromatic heterocycles. The highest BCUT2D eigenvalue weighted by Gasteiger charge is 2.60. The molecule has 0 aromatic carbocycles. The Kier molecular flexibility index (Phi) is 6.46. The molecule has 4 fully saturated rings. The lowest BCUT2D eigenvalue weighted by atomic mass is 9.44. The second-order valence-electron chi connectivity index (χ2n) is 12.0. The third-order valence-corrected chi connectivity index (χ3v) is 10.7. The summed E-state index contributed by atoms with van der Waals surface area (Å²) in [4.78, 5) is 22.7. The van der Waals surface area contributed by atoms with E-state index in [2.05, 4.69) is 26.1 Å². The van der Waals surface area contributed by atoms with E-state index < -0.39 is 5.97 Å². The quantitative estimate of drug-likeness (QED) is 0.570. The number of carbonyl (C=O) groups excluding carboxylic acids is 1. The molecule has 0 aliphatic heterocycles. The standard InChI is InChI=1S/C26H43NO4/c1-16(4-9-23(29)27-15-24(30)31)20-7-8-21-19-6-5-17-14-18(28)10-12-25(17,2)22(19)11-13-26(20,21)3/h16-22,28H,4-15H2,1-3H3,(H,27,29)(H,30,31)/t16?,17-,18-,19?,20?,21+,22?,25+,26-/m1/s1. The molecule has 5 nitrogen and oxygen atoms in total. The van der Waals surface area contributed by atoms with Crippen LogP contribution in [0.15, 0.2) is 0 Å². The number of hydrogen-bond donors (Lipinski definition) is 3. The van der Waals surface area contributed by atoms with Crippen molar-refractivity contribution in [1.29, 1.82) is 0 Å². The van der Waals surface area contributed by atoms with Crippen LogP contribution in [-0.4, -0.2) is 34.7 Å². The number of hydrogen-bond acceptors (Lipinski definition) is 3. The molecule has 4 aliphatic rings. The van der Waals surface area contributed by atoms with Gasteiger partial charge in [0, 0.05) is 6.42 Å². The number of fused-ring (bicyclic) bond motifs is 5. The van der Waals surface area contributed by atoms with E-state index in [1.807, 2.05) is 0 Å². The lowest BCUT2D eigenvalue weighted by molar-refractivity contribution is -0.138. The largest absolute Gasteiger partial charge is 0.480 e. The number of aliphatic hydroxyl groups excluding tert-OH is 1. The number of carboxylic acids is 1. The van der Waals surface area contributed by atoms with Crippen molar-refractivity contribution in [2.45, 2.75) is 97.5 Å². The van der Waals surface area contributed by atoms with Crippen LogP contribution in [0.1, 0.15) is 91.4 Å². The molecule has 4 saturated carbocycles. The Morgan fingerprint density at radius 2 is 1.71 bits per heavy atom. The van der Waals surface area contributed by atoms with Crippen molar-refractivity contribution in [3.05, 3.63) is 0 Å². The van der Waals surface area contributed by atoms with Crippen LogP contribution < -0.4 is 5.32 Å². The molecule has 0 radical (unpaired) electrons. The highest BCUT2D eigenvalue weighted by molar-refractivity contribution is 5.81. The van der Waals surface area contributed by atoms with Gasteiger partial charge < -0.3 is 15.5 Å². The van der Waals surface area contributed by atoms with Gasteiger partial charge in [0.15, 0.2) is 0 Å². The molecule has 0 bridgehead atoms. The Hall–Kier alpha value is -1.10. The van der Waals surface area contributed by atoms with Crippen molar-refractivity contribution in [3.63, 3.8) is 0 Å². The Morgan fingerprint density at radius 1 is 1.00 bits per heavy atom. The van der Waals surface area contributed by atoms with Crippen LogP contribution in [0.2, 0.25) is 0 Å². The second kappa shape index (κ2) is 8.68. The minimum Gasteiger partial charge on any atom is -0.480 e. The maximum Gasteiger partial charge on any atom is 0.322 e. The third-order valence-electron chi connectivity index (χ3n) is 10.7. The molecule has 9 atom stereocenters. The Balaban J connectivity index is 1.40. The Bertz CT molecular complexity index is 695. The third kappa shape index (κ3) is 4.16. The highest BCUT2D eigenvalue weighted by atomic mass is 16.4. The topological polar surface area (TPSA) is 86.6 Å². The SMILES string of the molecule is CC(CCC(=O)NCC(=O)O)C1CC[C@H]2C3CC[C@@H]4C[C@H](O)CC[C@]4(C)C3CC[C@]12C. The number of nitrogens with one attached hydrogen (secondary N) is 1. The van der Waals surface area contributed by atoms with Crippen molar-refractivity contribution in [2.75, 3.05) is 6.54 Å². The highest BCUT2D eigenvalue weighted by Crippen LogP contribution is 2.68. The van der Waals surface area contributed by atoms with Gasteiger partial charge in [-0.1, -0.05) is 20.8 Å². The summed E-state index contributed by atoms with van der Waals surface area (Å²) in [7, 11) is 0. The van der Waals surface area contributed by atoms with Gasteiger partial charge in [-0.2, -0.15) is 0 Å². The molecule has 4 unspecified atom stereocenters. The van der Waals surface area contributed by atoms with Crippen LogP contribution in [-0.2, 0) is 9.59 Å². The first kappa shape index (κ1) is 23.1. The van der Waals surface area contributed by atoms with Crippen molar-refractivity contribution < 1.29 is 19.8 Å². The summed E-state index contributed by atoms with van der Waals surface area (Å²) in [6.07, 6.45) is 12.3. The average Bonchev–Trinajstić information content (AvgIpc) is 3.08. The maximum atomic E-state index is 12.0. The molecular weight excluding hydrogens is 390 g/mol. The minimum atomic E-state index is -0.986. The number of aliphatic hydroxyl groups is 1. The molecule has 5 heteroatoms. The van der Waals surface area contributed by atoms with E-state index in [0.717, 1.165) is 37.0 Å². The van der Waals surface area contributed by atoms with E-state index in [4.69, 9.17) is 5.11 Å². The molecule has 176 valence electrons. The van der Waals surface area contributed by atoms with E-state index in [0.29, 0.717) is 35.0 Å². The van der Waals surface area contributed by atoms with Gasteiger partial charge in [0.2, 0.25) is 5.91 Å². The molecule has 0 saturated heterocycles. The van der Waals surface area contributed by atoms with Gasteiger partial charge in [0.1, 0.15) is 6.54 Å². The zero-order valence-corrected chi connectivity index (χ0v) is 19.7. The Morgan fingerprint density at radius 3 is 2.45 bits per heavy atom. The number of rotatable bonds is 6. The first-order valence-electron chi connectivity index (χ1n) is 12.8. The number of aliphatic carboxylic acids is 1. The Labute approximate surface area is 187 Å². The molecule has 1 amide bonds. The van der Waals surface area contributed by atoms with Gasteiger partial charge in [-0.3, -0.25) is 9.59 Å². The zero-order chi connectivity index (χ0) is 22.4. The summed E-state index contributed by atoms with van der Waals surface area (Å²) < 4.78 is 0. The molecule has 3 N–H and O–H groups in total. The van der Waals surface area contributed by atoms with Gasteiger partial charge >= 0.3 is 5.97 Å². The average molecular weight is 434 g/mol. The van der Waals surface area contributed by atoms with Crippen molar-refractivity contribution in [2.24, 2.45) is 46.3 Å². The van der Waals surface area contributed by atoms with E-state index in [9.17, 15) is 14.7 Å². The summed E-state index contributed by atoms with van der Waals surface area (Å²) in [6.45, 7) is 7.13. The fourth-order valence-electron chi connectivity index (χ4n) is 9.03. The van der Waals surface area contributed by atoms with Crippen molar-refractivity contribution >= 4 is 11.9 Å². The number of carboxylic acid groups (broad SMARTS) is 1. The fraction of sp³-hybridized carbons (Fsp3) is 0.923. The van der Waals surface area contributed by atoms with Gasteiger partial charge in [-0.05, 0) is 111 Å². The predicted octanol–water partition coefficient (Wildman–Crippen LogP) is 4.62. The summed E-state index contributed by atoms with van der Waals surface area (Å²) >= 11 is 0. The van der Waals surface area contributed by atoms with Crippen LogP contribution >= 0.6 is 0 Å². The normalized spacial score (nSPS) is 45.2. The lowest BCUT2D eigenvalue weighted by Gasteiger charge is -2.61. The van der Waals surface area contributed by atoms with Gasteiger partial charge in [0.25, 0.3) is 0 Å². The molecule has 31 heavy (non-hydrogen) atoms. The molecule has 0 heterocycles. The number of carbonyl (C=O) groups is 2. The van der Waals surface area contributed by atoms with Gasteiger partial charge in [0.05, 0.1) is 6.10 Å². The van der Waals surface area contributed by atoms with E-state index in [-0.39, 0.29) is 18.6 Å². The van der Waals surface area contributed by atoms with Gasteiger partial charge in [-0.15, -0.1) is 0 Å². The van der Waals surface area contributed by atoms with E-state index in [1.54, 1.807) is 0 Å². The smallest absolute Gasteiger partial charge is 0.322 e. The number of amides is 1. The second-order valence-corrected chi connectivity index (χ2v) is 12.0. The van der Waals surface area contributed by atoms with E-state index >= 15 is 0 Å². The monoisotopic (exact) mass is 433 g/mol. The fourth-order valence-corrected chi connectivity index (χ4v) is 9.03. The van der Waals surface area contributed by atoms with E-state index in [1.165, 1.54) is 44.9 Å². The van der Waals surface area contributed by atoms with Gasteiger partial charge in [-0.25, -0.2) is 0 Å².